The van der Waals surface area contributed by atoms with Gasteiger partial charge in [0.1, 0.15) is 0 Å². The number of hydrogen-bond acceptors (Lipinski definition) is 3. The van der Waals surface area contributed by atoms with Crippen LogP contribution in [0, 0.1) is 6.92 Å². The monoisotopic (exact) mass is 275 g/mol. The summed E-state index contributed by atoms with van der Waals surface area (Å²) < 4.78 is 0. The third-order valence-electron chi connectivity index (χ3n) is 2.61. The van der Waals surface area contributed by atoms with Gasteiger partial charge in [-0.05, 0) is 42.3 Å². The number of amides is 3. The van der Waals surface area contributed by atoms with Crippen molar-refractivity contribution in [3.05, 3.63) is 40.8 Å². The highest BCUT2D eigenvalue weighted by Crippen LogP contribution is 2.31. The molecular formula is C13H13N3O2S. The maximum Gasteiger partial charge on any atom is 0.316 e. The van der Waals surface area contributed by atoms with Crippen molar-refractivity contribution in [2.24, 2.45) is 11.5 Å². The van der Waals surface area contributed by atoms with E-state index in [0.717, 1.165) is 16.0 Å². The van der Waals surface area contributed by atoms with Gasteiger partial charge in [-0.15, -0.1) is 11.3 Å². The van der Waals surface area contributed by atoms with Crippen LogP contribution in [0.15, 0.2) is 30.3 Å². The molecular weight excluding hydrogens is 262 g/mol. The van der Waals surface area contributed by atoms with Gasteiger partial charge in [0.05, 0.1) is 4.88 Å². The molecule has 0 saturated heterocycles. The number of urea groups is 1. The van der Waals surface area contributed by atoms with E-state index < -0.39 is 11.9 Å². The van der Waals surface area contributed by atoms with Crippen LogP contribution < -0.4 is 16.8 Å². The van der Waals surface area contributed by atoms with Crippen molar-refractivity contribution in [3.8, 4) is 10.4 Å². The minimum atomic E-state index is -0.598. The van der Waals surface area contributed by atoms with Crippen LogP contribution in [-0.2, 0) is 0 Å². The zero-order valence-electron chi connectivity index (χ0n) is 10.3. The molecule has 1 heterocycles. The molecule has 98 valence electrons. The van der Waals surface area contributed by atoms with Crippen LogP contribution in [0.25, 0.3) is 10.4 Å². The van der Waals surface area contributed by atoms with Crippen molar-refractivity contribution in [2.75, 3.05) is 5.32 Å². The van der Waals surface area contributed by atoms with Crippen LogP contribution in [0.3, 0.4) is 0 Å². The van der Waals surface area contributed by atoms with E-state index in [9.17, 15) is 9.59 Å². The fourth-order valence-corrected chi connectivity index (χ4v) is 2.72. The molecule has 5 N–H and O–H groups in total. The molecule has 2 rings (SSSR count). The van der Waals surface area contributed by atoms with E-state index in [1.807, 2.05) is 25.1 Å². The summed E-state index contributed by atoms with van der Waals surface area (Å²) in [5.74, 6) is -0.430. The van der Waals surface area contributed by atoms with Crippen molar-refractivity contribution < 1.29 is 9.59 Å². The lowest BCUT2D eigenvalue weighted by Crippen LogP contribution is -2.19. The first-order valence-corrected chi connectivity index (χ1v) is 6.36. The Morgan fingerprint density at radius 3 is 2.42 bits per heavy atom. The van der Waals surface area contributed by atoms with Crippen LogP contribution in [0.5, 0.6) is 0 Å². The molecule has 3 amide bonds. The first kappa shape index (κ1) is 13.1. The molecule has 0 saturated carbocycles. The van der Waals surface area contributed by atoms with Crippen molar-refractivity contribution in [3.63, 3.8) is 0 Å². The zero-order valence-corrected chi connectivity index (χ0v) is 11.1. The predicted molar refractivity (Wildman–Crippen MR) is 76.2 cm³/mol. The second kappa shape index (κ2) is 5.11. The number of aryl methyl sites for hydroxylation is 1. The van der Waals surface area contributed by atoms with Gasteiger partial charge in [0.25, 0.3) is 5.91 Å². The molecule has 5 nitrogen and oxygen atoms in total. The highest BCUT2D eigenvalue weighted by Gasteiger charge is 2.09. The van der Waals surface area contributed by atoms with E-state index in [-0.39, 0.29) is 0 Å². The summed E-state index contributed by atoms with van der Waals surface area (Å²) in [6.07, 6.45) is 0. The molecule has 0 aliphatic heterocycles. The third-order valence-corrected chi connectivity index (χ3v) is 3.74. The molecule has 0 fully saturated rings. The summed E-state index contributed by atoms with van der Waals surface area (Å²) in [4.78, 5) is 23.3. The van der Waals surface area contributed by atoms with E-state index >= 15 is 0 Å². The number of anilines is 1. The summed E-state index contributed by atoms with van der Waals surface area (Å²) in [5.41, 5.74) is 12.9. The number of carbonyl (C=O) groups is 2. The maximum absolute atomic E-state index is 11.1. The largest absolute Gasteiger partial charge is 0.365 e. The zero-order chi connectivity index (χ0) is 14.0. The Hall–Kier alpha value is -2.34. The number of thiophene rings is 1. The predicted octanol–water partition coefficient (Wildman–Crippen LogP) is 2.31. The normalized spacial score (nSPS) is 10.2. The molecule has 0 spiro atoms. The van der Waals surface area contributed by atoms with E-state index in [4.69, 9.17) is 11.5 Å². The first-order valence-electron chi connectivity index (χ1n) is 5.54. The average molecular weight is 275 g/mol. The quantitative estimate of drug-likeness (QED) is 0.801. The Labute approximate surface area is 114 Å². The first-order chi connectivity index (χ1) is 8.97. The van der Waals surface area contributed by atoms with Gasteiger partial charge in [-0.2, -0.15) is 0 Å². The third kappa shape index (κ3) is 2.92. The van der Waals surface area contributed by atoms with Crippen LogP contribution >= 0.6 is 11.3 Å². The fraction of sp³-hybridized carbons (Fsp3) is 0.0769. The highest BCUT2D eigenvalue weighted by atomic mass is 32.1. The summed E-state index contributed by atoms with van der Waals surface area (Å²) in [6.45, 7) is 1.92. The summed E-state index contributed by atoms with van der Waals surface area (Å²) >= 11 is 1.34. The van der Waals surface area contributed by atoms with E-state index in [0.29, 0.717) is 10.6 Å². The molecule has 0 atom stereocenters. The lowest BCUT2D eigenvalue weighted by Gasteiger charge is -2.07. The average Bonchev–Trinajstić information content (AvgIpc) is 2.77. The smallest absolute Gasteiger partial charge is 0.316 e. The second-order valence-corrected chi connectivity index (χ2v) is 5.13. The van der Waals surface area contributed by atoms with E-state index in [1.165, 1.54) is 11.3 Å². The number of benzene rings is 1. The Bertz CT molecular complexity index is 649. The molecule has 0 aliphatic rings. The Kier molecular flexibility index (Phi) is 3.52. The second-order valence-electron chi connectivity index (χ2n) is 4.05. The molecule has 0 unspecified atom stereocenters. The minimum absolute atomic E-state index is 0.430. The summed E-state index contributed by atoms with van der Waals surface area (Å²) in [6, 6.07) is 8.42. The van der Waals surface area contributed by atoms with Gasteiger partial charge in [-0.25, -0.2) is 4.79 Å². The molecule has 0 aliphatic carbocycles. The number of primary amides is 2. The van der Waals surface area contributed by atoms with Crippen LogP contribution in [-0.4, -0.2) is 11.9 Å². The van der Waals surface area contributed by atoms with Gasteiger partial charge in [0, 0.05) is 10.6 Å². The van der Waals surface area contributed by atoms with Crippen LogP contribution in [0.1, 0.15) is 15.2 Å². The van der Waals surface area contributed by atoms with Gasteiger partial charge in [-0.1, -0.05) is 6.07 Å². The molecule has 19 heavy (non-hydrogen) atoms. The molecule has 0 radical (unpaired) electrons. The van der Waals surface area contributed by atoms with E-state index in [2.05, 4.69) is 5.32 Å². The standard InChI is InChI=1S/C13H13N3O2S/c1-7-6-8(16-13(15)18)2-3-9(7)10-4-5-11(19-10)12(14)17/h2-6H,1H3,(H2,14,17)(H3,15,16,18). The van der Waals surface area contributed by atoms with Crippen molar-refractivity contribution in [1.29, 1.82) is 0 Å². The molecule has 1 aromatic carbocycles. The van der Waals surface area contributed by atoms with Gasteiger partial charge >= 0.3 is 6.03 Å². The summed E-state index contributed by atoms with van der Waals surface area (Å²) in [5, 5.41) is 2.52. The minimum Gasteiger partial charge on any atom is -0.365 e. The Morgan fingerprint density at radius 2 is 1.89 bits per heavy atom. The van der Waals surface area contributed by atoms with Crippen molar-refractivity contribution in [2.45, 2.75) is 6.92 Å². The maximum atomic E-state index is 11.1. The highest BCUT2D eigenvalue weighted by molar-refractivity contribution is 7.17. The van der Waals surface area contributed by atoms with Gasteiger partial charge in [-0.3, -0.25) is 4.79 Å². The van der Waals surface area contributed by atoms with Crippen LogP contribution in [0.4, 0.5) is 10.5 Å². The van der Waals surface area contributed by atoms with E-state index in [1.54, 1.807) is 12.1 Å². The number of nitrogens with one attached hydrogen (secondary N) is 1. The van der Waals surface area contributed by atoms with Gasteiger partial charge < -0.3 is 16.8 Å². The Morgan fingerprint density at radius 1 is 1.16 bits per heavy atom. The van der Waals surface area contributed by atoms with Gasteiger partial charge in [0.2, 0.25) is 0 Å². The van der Waals surface area contributed by atoms with Crippen molar-refractivity contribution >= 4 is 29.0 Å². The van der Waals surface area contributed by atoms with Crippen LogP contribution in [0.2, 0.25) is 0 Å². The lowest BCUT2D eigenvalue weighted by atomic mass is 10.1. The molecule has 6 heteroatoms. The SMILES string of the molecule is Cc1cc(NC(N)=O)ccc1-c1ccc(C(N)=O)s1. The molecule has 2 aromatic rings. The lowest BCUT2D eigenvalue weighted by molar-refractivity contribution is 0.100. The number of rotatable bonds is 3. The van der Waals surface area contributed by atoms with Gasteiger partial charge in [0.15, 0.2) is 0 Å². The molecule has 0 bridgehead atoms. The summed E-state index contributed by atoms with van der Waals surface area (Å²) in [7, 11) is 0. The fourth-order valence-electron chi connectivity index (χ4n) is 1.78. The molecule has 1 aromatic heterocycles. The number of hydrogen-bond donors (Lipinski definition) is 3. The topological polar surface area (TPSA) is 98.2 Å². The van der Waals surface area contributed by atoms with Crippen molar-refractivity contribution in [1.82, 2.24) is 0 Å². The number of nitrogens with two attached hydrogens (primary N) is 2. The Balaban J connectivity index is 2.34. The number of carbonyl (C=O) groups excluding carboxylic acids is 2.